The number of hydrogen-bond donors (Lipinski definition) is 1. The summed E-state index contributed by atoms with van der Waals surface area (Å²) in [7, 11) is 0. The maximum atomic E-state index is 11.8. The molecule has 1 N–H and O–H groups in total. The fraction of sp³-hybridized carbons (Fsp3) is 0.231. The molecule has 3 nitrogen and oxygen atoms in total. The summed E-state index contributed by atoms with van der Waals surface area (Å²) in [5.74, 6) is -1.09. The highest BCUT2D eigenvalue weighted by atomic mass is 16.2. The molecule has 0 heterocycles. The fourth-order valence-electron chi connectivity index (χ4n) is 1.35. The lowest BCUT2D eigenvalue weighted by atomic mass is 10.0. The second-order valence-electron chi connectivity index (χ2n) is 3.65. The number of carbonyl (C=O) groups is 2. The van der Waals surface area contributed by atoms with E-state index in [1.54, 1.807) is 6.07 Å². The molecule has 16 heavy (non-hydrogen) atoms. The van der Waals surface area contributed by atoms with Gasteiger partial charge >= 0.3 is 0 Å². The molecular formula is C13H15NO2. The van der Waals surface area contributed by atoms with Crippen molar-refractivity contribution in [2.75, 3.05) is 6.54 Å². The standard InChI is InChI=1S/C13H15NO2/c1-4-7-14-13(16)12(15)11-8-9(2)5-6-10(11)3/h4-6,8H,1,7H2,2-3H3,(H,14,16). The van der Waals surface area contributed by atoms with Crippen molar-refractivity contribution in [1.82, 2.24) is 5.32 Å². The summed E-state index contributed by atoms with van der Waals surface area (Å²) < 4.78 is 0. The molecule has 0 saturated heterocycles. The van der Waals surface area contributed by atoms with Gasteiger partial charge in [-0.25, -0.2) is 0 Å². The smallest absolute Gasteiger partial charge is 0.292 e. The lowest BCUT2D eigenvalue weighted by Crippen LogP contribution is -2.31. The number of nitrogens with one attached hydrogen (secondary N) is 1. The molecule has 0 aliphatic rings. The molecular weight excluding hydrogens is 202 g/mol. The highest BCUT2D eigenvalue weighted by Crippen LogP contribution is 2.11. The molecule has 1 amide bonds. The zero-order valence-electron chi connectivity index (χ0n) is 9.54. The Morgan fingerprint density at radius 3 is 2.69 bits per heavy atom. The second-order valence-corrected chi connectivity index (χ2v) is 3.65. The number of carbonyl (C=O) groups excluding carboxylic acids is 2. The van der Waals surface area contributed by atoms with Gasteiger partial charge in [0.25, 0.3) is 5.91 Å². The van der Waals surface area contributed by atoms with Gasteiger partial charge in [-0.3, -0.25) is 9.59 Å². The number of amides is 1. The molecule has 0 radical (unpaired) electrons. The predicted octanol–water partition coefficient (Wildman–Crippen LogP) is 1.79. The third-order valence-corrected chi connectivity index (χ3v) is 2.25. The number of rotatable bonds is 4. The molecule has 0 spiro atoms. The van der Waals surface area contributed by atoms with Crippen LogP contribution in [-0.4, -0.2) is 18.2 Å². The SMILES string of the molecule is C=CCNC(=O)C(=O)c1cc(C)ccc1C. The van der Waals surface area contributed by atoms with Gasteiger partial charge in [-0.2, -0.15) is 0 Å². The Kier molecular flexibility index (Phi) is 4.00. The topological polar surface area (TPSA) is 46.2 Å². The maximum Gasteiger partial charge on any atom is 0.292 e. The van der Waals surface area contributed by atoms with Crippen molar-refractivity contribution in [2.24, 2.45) is 0 Å². The first-order chi connectivity index (χ1) is 7.56. The van der Waals surface area contributed by atoms with Gasteiger partial charge in [0.15, 0.2) is 0 Å². The van der Waals surface area contributed by atoms with E-state index >= 15 is 0 Å². The molecule has 0 aliphatic heterocycles. The molecule has 0 fully saturated rings. The van der Waals surface area contributed by atoms with Crippen LogP contribution < -0.4 is 5.32 Å². The van der Waals surface area contributed by atoms with Crippen LogP contribution in [0, 0.1) is 13.8 Å². The number of benzene rings is 1. The number of Topliss-reactive ketones (excluding diaryl/α,β-unsaturated/α-hetero) is 1. The van der Waals surface area contributed by atoms with E-state index in [4.69, 9.17) is 0 Å². The molecule has 3 heteroatoms. The van der Waals surface area contributed by atoms with Gasteiger partial charge in [-0.15, -0.1) is 6.58 Å². The Labute approximate surface area is 95.2 Å². The molecule has 0 unspecified atom stereocenters. The third-order valence-electron chi connectivity index (χ3n) is 2.25. The van der Waals surface area contributed by atoms with E-state index in [9.17, 15) is 9.59 Å². The van der Waals surface area contributed by atoms with Crippen molar-refractivity contribution >= 4 is 11.7 Å². The lowest BCUT2D eigenvalue weighted by Gasteiger charge is -2.05. The van der Waals surface area contributed by atoms with Gasteiger partial charge < -0.3 is 5.32 Å². The Morgan fingerprint density at radius 2 is 2.06 bits per heavy atom. The van der Waals surface area contributed by atoms with Gasteiger partial charge in [-0.1, -0.05) is 23.8 Å². The highest BCUT2D eigenvalue weighted by molar-refractivity contribution is 6.43. The highest BCUT2D eigenvalue weighted by Gasteiger charge is 2.17. The summed E-state index contributed by atoms with van der Waals surface area (Å²) >= 11 is 0. The van der Waals surface area contributed by atoms with Gasteiger partial charge in [0.05, 0.1) is 0 Å². The van der Waals surface area contributed by atoms with Crippen molar-refractivity contribution in [3.8, 4) is 0 Å². The first kappa shape index (κ1) is 12.2. The van der Waals surface area contributed by atoms with Crippen LogP contribution in [-0.2, 0) is 4.79 Å². The average Bonchev–Trinajstić information content (AvgIpc) is 2.28. The van der Waals surface area contributed by atoms with E-state index < -0.39 is 11.7 Å². The quantitative estimate of drug-likeness (QED) is 0.475. The summed E-state index contributed by atoms with van der Waals surface area (Å²) in [4.78, 5) is 23.2. The Hall–Kier alpha value is -1.90. The van der Waals surface area contributed by atoms with Gasteiger partial charge in [0.1, 0.15) is 0 Å². The van der Waals surface area contributed by atoms with Gasteiger partial charge in [-0.05, 0) is 25.5 Å². The maximum absolute atomic E-state index is 11.8. The van der Waals surface area contributed by atoms with Crippen LogP contribution in [0.2, 0.25) is 0 Å². The van der Waals surface area contributed by atoms with E-state index in [0.717, 1.165) is 11.1 Å². The molecule has 0 saturated carbocycles. The minimum atomic E-state index is -0.589. The van der Waals surface area contributed by atoms with Crippen molar-refractivity contribution in [3.63, 3.8) is 0 Å². The van der Waals surface area contributed by atoms with Crippen LogP contribution in [0.4, 0.5) is 0 Å². The number of ketones is 1. The van der Waals surface area contributed by atoms with Crippen LogP contribution in [0.5, 0.6) is 0 Å². The van der Waals surface area contributed by atoms with Crippen molar-refractivity contribution in [3.05, 3.63) is 47.5 Å². The summed E-state index contributed by atoms with van der Waals surface area (Å²) in [6.45, 7) is 7.47. The Morgan fingerprint density at radius 1 is 1.38 bits per heavy atom. The summed E-state index contributed by atoms with van der Waals surface area (Å²) in [6.07, 6.45) is 1.54. The second kappa shape index (κ2) is 5.26. The van der Waals surface area contributed by atoms with Crippen molar-refractivity contribution in [1.29, 1.82) is 0 Å². The number of aryl methyl sites for hydroxylation is 2. The molecule has 1 aromatic carbocycles. The van der Waals surface area contributed by atoms with Crippen LogP contribution in [0.15, 0.2) is 30.9 Å². The largest absolute Gasteiger partial charge is 0.346 e. The van der Waals surface area contributed by atoms with E-state index in [2.05, 4.69) is 11.9 Å². The minimum absolute atomic E-state index is 0.301. The fourth-order valence-corrected chi connectivity index (χ4v) is 1.35. The molecule has 0 bridgehead atoms. The number of hydrogen-bond acceptors (Lipinski definition) is 2. The van der Waals surface area contributed by atoms with E-state index in [-0.39, 0.29) is 0 Å². The molecule has 1 aromatic rings. The summed E-state index contributed by atoms with van der Waals surface area (Å²) in [5.41, 5.74) is 2.23. The average molecular weight is 217 g/mol. The van der Waals surface area contributed by atoms with E-state index in [0.29, 0.717) is 12.1 Å². The van der Waals surface area contributed by atoms with Crippen LogP contribution in [0.25, 0.3) is 0 Å². The first-order valence-electron chi connectivity index (χ1n) is 5.07. The third kappa shape index (κ3) is 2.79. The Bertz CT molecular complexity index is 436. The van der Waals surface area contributed by atoms with Crippen molar-refractivity contribution in [2.45, 2.75) is 13.8 Å². The van der Waals surface area contributed by atoms with E-state index in [1.807, 2.05) is 26.0 Å². The van der Waals surface area contributed by atoms with E-state index in [1.165, 1.54) is 6.08 Å². The minimum Gasteiger partial charge on any atom is -0.346 e. The van der Waals surface area contributed by atoms with Crippen LogP contribution >= 0.6 is 0 Å². The van der Waals surface area contributed by atoms with Gasteiger partial charge in [0.2, 0.25) is 5.78 Å². The molecule has 0 aromatic heterocycles. The normalized spacial score (nSPS) is 9.62. The molecule has 0 atom stereocenters. The molecule has 84 valence electrons. The zero-order valence-corrected chi connectivity index (χ0v) is 9.54. The predicted molar refractivity (Wildman–Crippen MR) is 63.5 cm³/mol. The van der Waals surface area contributed by atoms with Crippen LogP contribution in [0.1, 0.15) is 21.5 Å². The van der Waals surface area contributed by atoms with Gasteiger partial charge in [0, 0.05) is 12.1 Å². The summed E-state index contributed by atoms with van der Waals surface area (Å²) in [6, 6.07) is 5.47. The molecule has 0 aliphatic carbocycles. The zero-order chi connectivity index (χ0) is 12.1. The molecule has 1 rings (SSSR count). The van der Waals surface area contributed by atoms with Crippen LogP contribution in [0.3, 0.4) is 0 Å². The lowest BCUT2D eigenvalue weighted by molar-refractivity contribution is -0.116. The monoisotopic (exact) mass is 217 g/mol. The summed E-state index contributed by atoms with van der Waals surface area (Å²) in [5, 5.41) is 2.47. The first-order valence-corrected chi connectivity index (χ1v) is 5.07. The van der Waals surface area contributed by atoms with Crippen molar-refractivity contribution < 1.29 is 9.59 Å². The Balaban J connectivity index is 2.91.